The zero-order chi connectivity index (χ0) is 81.5. The van der Waals surface area contributed by atoms with Gasteiger partial charge in [-0.2, -0.15) is 0 Å². The molecule has 7 aromatic heterocycles. The van der Waals surface area contributed by atoms with Crippen LogP contribution in [0, 0.1) is 6.92 Å². The van der Waals surface area contributed by atoms with Crippen molar-refractivity contribution >= 4 is 32.4 Å². The van der Waals surface area contributed by atoms with E-state index in [1.807, 2.05) is 414 Å². The number of fused-ring (bicyclic) bond motifs is 3. The van der Waals surface area contributed by atoms with Crippen LogP contribution in [0.3, 0.4) is 0 Å². The van der Waals surface area contributed by atoms with E-state index in [0.717, 1.165) is 5.52 Å². The summed E-state index contributed by atoms with van der Waals surface area (Å²) in [5.74, 6) is 0. The van der Waals surface area contributed by atoms with Crippen LogP contribution in [0.4, 0.5) is 0 Å². The third-order valence-corrected chi connectivity index (χ3v) is 10.4. The number of hydrogen-bond acceptors (Lipinski definition) is 8. The van der Waals surface area contributed by atoms with Crippen LogP contribution in [0.25, 0.3) is 32.4 Å². The molecule has 0 aliphatic carbocycles. The molecule has 0 saturated heterocycles. The molecule has 0 N–H and O–H groups in total. The van der Waals surface area contributed by atoms with E-state index < -0.39 is 0 Å². The smallest absolute Gasteiger partial charge is 0.115 e. The predicted octanol–water partition coefficient (Wildman–Crippen LogP) is 30.5. The molecule has 0 aliphatic rings. The highest BCUT2D eigenvalue weighted by Crippen LogP contribution is 2.12. The topological polar surface area (TPSA) is 103 Å². The Morgan fingerprint density at radius 3 is 0.570 bits per heavy atom. The van der Waals surface area contributed by atoms with Crippen LogP contribution >= 0.6 is 0 Å². The third-order valence-electron chi connectivity index (χ3n) is 10.4. The molecule has 8 heteroatoms. The van der Waals surface area contributed by atoms with E-state index in [-0.39, 0.29) is 0 Å². The first kappa shape index (κ1) is 111. The number of aromatic nitrogens is 8. The van der Waals surface area contributed by atoms with E-state index in [0.29, 0.717) is 0 Å². The van der Waals surface area contributed by atoms with Crippen molar-refractivity contribution in [1.82, 2.24) is 39.9 Å². The zero-order valence-corrected chi connectivity index (χ0v) is 69.9. The molecule has 0 aliphatic heterocycles. The largest absolute Gasteiger partial charge is 0.265 e. The van der Waals surface area contributed by atoms with Crippen LogP contribution in [-0.2, 0) is 0 Å². The minimum atomic E-state index is 1.06. The summed E-state index contributed by atoms with van der Waals surface area (Å²) in [4.78, 5) is 30.7. The number of nitrogens with zero attached hydrogens (tertiary/aromatic N) is 8. The van der Waals surface area contributed by atoms with E-state index in [9.17, 15) is 0 Å². The monoisotopic (exact) mass is 1440 g/mol. The first-order chi connectivity index (χ1) is 53.3. The fourth-order valence-electron chi connectivity index (χ4n) is 6.37. The van der Waals surface area contributed by atoms with Crippen molar-refractivity contribution in [2.75, 3.05) is 0 Å². The minimum absolute atomic E-state index is 1.06. The lowest BCUT2D eigenvalue weighted by Crippen LogP contribution is -1.73. The fraction of sp³-hybridized carbons (Fsp3) is 0.232. The van der Waals surface area contributed by atoms with E-state index in [4.69, 9.17) is 0 Å². The number of hydrogen-bond donors (Lipinski definition) is 0. The Bertz CT molecular complexity index is 2760. The van der Waals surface area contributed by atoms with E-state index in [1.54, 1.807) is 68.0 Å². The average Bonchev–Trinajstić information content (AvgIpc) is 0.891. The second-order valence-corrected chi connectivity index (χ2v) is 16.9. The van der Waals surface area contributed by atoms with E-state index in [2.05, 4.69) is 132 Å². The average molecular weight is 1440 g/mol. The van der Waals surface area contributed by atoms with Gasteiger partial charge in [-0.15, -0.1) is 0 Å². The summed E-state index contributed by atoms with van der Waals surface area (Å²) in [6, 6.07) is 110. The fourth-order valence-corrected chi connectivity index (χ4v) is 6.37. The maximum atomic E-state index is 4.18. The zero-order valence-electron chi connectivity index (χ0n) is 69.9. The number of benzene rings is 8. The Labute approximate surface area is 653 Å². The van der Waals surface area contributed by atoms with Crippen LogP contribution in [0.1, 0.15) is 158 Å². The molecule has 0 unspecified atom stereocenters. The van der Waals surface area contributed by atoms with Gasteiger partial charge in [-0.05, 0) is 101 Å². The standard InChI is InChI=1S/C10H8.2C9H7N.C7H8.3C6H6.4C5H5N.C4H4N2.11C2H6/c1-2-6-10-8-4-3-7-9(10)5-1;1-2-6-9-8(4-1)5-3-7-10-9;1-2-4-9-7-10-6-5-8(9)3-1;1-7-5-3-2-4-6-7;7*1-2-4-6-5-3-1;1-2-5-4-6-3-1;11*1-2/h1-8H;2*1-7H;2-6H,1H3;3*1-6H;4*1-5H;1-4H;11*1-2H3. The lowest BCUT2D eigenvalue weighted by atomic mass is 10.1. The molecule has 574 valence electrons. The molecule has 107 heavy (non-hydrogen) atoms. The molecule has 0 fully saturated rings. The summed E-state index contributed by atoms with van der Waals surface area (Å²) in [7, 11) is 0. The number of para-hydroxylation sites is 1. The SMILES string of the molecule is CC.CC.CC.CC.CC.CC.CC.CC.CC.CC.CC.Cc1ccccc1.c1ccc2ccccc2c1.c1ccc2cnccc2c1.c1ccc2ncccc2c1.c1ccccc1.c1ccccc1.c1ccccc1.c1ccncc1.c1ccncc1.c1ccncc1.c1ccncc1.c1cncnc1. The van der Waals surface area contributed by atoms with Gasteiger partial charge >= 0.3 is 0 Å². The lowest BCUT2D eigenvalue weighted by molar-refractivity contribution is 1.17. The second-order valence-electron chi connectivity index (χ2n) is 16.9. The predicted molar refractivity (Wildman–Crippen MR) is 482 cm³/mol. The Morgan fingerprint density at radius 1 is 0.150 bits per heavy atom. The van der Waals surface area contributed by atoms with E-state index >= 15 is 0 Å². The van der Waals surface area contributed by atoms with Gasteiger partial charge < -0.3 is 0 Å². The molecular weight excluding hydrogens is 1300 g/mol. The van der Waals surface area contributed by atoms with Crippen LogP contribution in [-0.4, -0.2) is 39.9 Å². The van der Waals surface area contributed by atoms with Crippen molar-refractivity contribution in [3.05, 3.63) is 426 Å². The summed E-state index contributed by atoms with van der Waals surface area (Å²) in [6.07, 6.45) is 24.4. The maximum Gasteiger partial charge on any atom is 0.115 e. The lowest BCUT2D eigenvalue weighted by Gasteiger charge is -1.92. The van der Waals surface area contributed by atoms with Crippen LogP contribution in [0.2, 0.25) is 0 Å². The van der Waals surface area contributed by atoms with Crippen molar-refractivity contribution in [2.24, 2.45) is 0 Å². The van der Waals surface area contributed by atoms with Gasteiger partial charge in [-0.25, -0.2) is 9.97 Å². The molecule has 8 aromatic carbocycles. The van der Waals surface area contributed by atoms with Crippen LogP contribution < -0.4 is 0 Å². The van der Waals surface area contributed by atoms with Gasteiger partial charge in [0.25, 0.3) is 0 Å². The molecule has 15 rings (SSSR count). The molecule has 0 bridgehead atoms. The van der Waals surface area contributed by atoms with Crippen LogP contribution in [0.15, 0.2) is 421 Å². The van der Waals surface area contributed by atoms with Gasteiger partial charge in [0.15, 0.2) is 0 Å². The Kier molecular flexibility index (Phi) is 115. The molecule has 0 saturated carbocycles. The molecular formula is C99H138N8. The van der Waals surface area contributed by atoms with Crippen molar-refractivity contribution in [2.45, 2.75) is 159 Å². The summed E-state index contributed by atoms with van der Waals surface area (Å²) < 4.78 is 0. The maximum absolute atomic E-state index is 4.18. The van der Waals surface area contributed by atoms with Gasteiger partial charge in [0, 0.05) is 85.9 Å². The Balaban J connectivity index is -0.000000163. The van der Waals surface area contributed by atoms with Gasteiger partial charge in [0.1, 0.15) is 6.33 Å². The first-order valence-corrected chi connectivity index (χ1v) is 38.4. The Morgan fingerprint density at radius 2 is 0.364 bits per heavy atom. The molecule has 8 nitrogen and oxygen atoms in total. The number of rotatable bonds is 0. The quantitative estimate of drug-likeness (QED) is 0.148. The first-order valence-electron chi connectivity index (χ1n) is 38.4. The van der Waals surface area contributed by atoms with Crippen molar-refractivity contribution in [3.8, 4) is 0 Å². The van der Waals surface area contributed by atoms with Crippen molar-refractivity contribution in [3.63, 3.8) is 0 Å². The molecule has 0 atom stereocenters. The minimum Gasteiger partial charge on any atom is -0.265 e. The summed E-state index contributed by atoms with van der Waals surface area (Å²) in [6.45, 7) is 46.1. The van der Waals surface area contributed by atoms with Crippen molar-refractivity contribution < 1.29 is 0 Å². The van der Waals surface area contributed by atoms with Crippen LogP contribution in [0.5, 0.6) is 0 Å². The van der Waals surface area contributed by atoms with Gasteiger partial charge in [-0.1, -0.05) is 419 Å². The third kappa shape index (κ3) is 83.4. The summed E-state index contributed by atoms with van der Waals surface area (Å²) >= 11 is 0. The molecule has 0 amide bonds. The molecule has 0 spiro atoms. The summed E-state index contributed by atoms with van der Waals surface area (Å²) in [5, 5.41) is 6.27. The number of pyridine rings is 6. The highest BCUT2D eigenvalue weighted by molar-refractivity contribution is 5.82. The van der Waals surface area contributed by atoms with E-state index in [1.165, 1.54) is 38.8 Å². The van der Waals surface area contributed by atoms with Gasteiger partial charge in [0.2, 0.25) is 0 Å². The molecule has 0 radical (unpaired) electrons. The summed E-state index contributed by atoms with van der Waals surface area (Å²) in [5.41, 5.74) is 2.38. The van der Waals surface area contributed by atoms with Gasteiger partial charge in [0.05, 0.1) is 5.52 Å². The Hall–Kier alpha value is -11.5. The normalized spacial score (nSPS) is 7.58. The number of aryl methyl sites for hydroxylation is 1. The highest BCUT2D eigenvalue weighted by atomic mass is 14.8. The van der Waals surface area contributed by atoms with Gasteiger partial charge in [-0.3, -0.25) is 29.9 Å². The second kappa shape index (κ2) is 110. The highest BCUT2D eigenvalue weighted by Gasteiger charge is 1.88. The van der Waals surface area contributed by atoms with Crippen molar-refractivity contribution in [1.29, 1.82) is 0 Å². The molecule has 7 heterocycles. The molecule has 15 aromatic rings.